The van der Waals surface area contributed by atoms with Crippen LogP contribution >= 0.6 is 11.6 Å². The summed E-state index contributed by atoms with van der Waals surface area (Å²) in [6.45, 7) is 3.65. The van der Waals surface area contributed by atoms with Gasteiger partial charge in [0.05, 0.1) is 6.10 Å². The van der Waals surface area contributed by atoms with E-state index < -0.39 is 6.10 Å². The summed E-state index contributed by atoms with van der Waals surface area (Å²) >= 11 is 6.17. The number of hydrogen-bond acceptors (Lipinski definition) is 2. The Bertz CT molecular complexity index is 585. The molecule has 0 saturated heterocycles. The summed E-state index contributed by atoms with van der Waals surface area (Å²) in [5.74, 6) is 0. The monoisotopic (exact) mass is 303 g/mol. The number of aryl methyl sites for hydroxylation is 1. The third-order valence-corrected chi connectivity index (χ3v) is 4.10. The summed E-state index contributed by atoms with van der Waals surface area (Å²) in [6.07, 6.45) is 0.297. The summed E-state index contributed by atoms with van der Waals surface area (Å²) < 4.78 is 0. The van der Waals surface area contributed by atoms with E-state index in [2.05, 4.69) is 4.90 Å². The Morgan fingerprint density at radius 1 is 1.10 bits per heavy atom. The van der Waals surface area contributed by atoms with Gasteiger partial charge in [-0.15, -0.1) is 0 Å². The number of nitrogens with zero attached hydrogens (tertiary/aromatic N) is 1. The molecule has 0 saturated carbocycles. The number of rotatable bonds is 6. The molecule has 0 aliphatic heterocycles. The van der Waals surface area contributed by atoms with Crippen LogP contribution in [0.4, 0.5) is 0 Å². The van der Waals surface area contributed by atoms with Crippen LogP contribution in [-0.2, 0) is 6.54 Å². The molecular formula is C18H22ClNO. The van der Waals surface area contributed by atoms with E-state index in [-0.39, 0.29) is 0 Å². The van der Waals surface area contributed by atoms with Crippen molar-refractivity contribution in [1.82, 2.24) is 4.90 Å². The highest BCUT2D eigenvalue weighted by atomic mass is 35.5. The van der Waals surface area contributed by atoms with Crippen molar-refractivity contribution in [1.29, 1.82) is 0 Å². The quantitative estimate of drug-likeness (QED) is 0.864. The Hall–Kier alpha value is -1.35. The summed E-state index contributed by atoms with van der Waals surface area (Å²) in [5.41, 5.74) is 3.27. The van der Waals surface area contributed by atoms with Gasteiger partial charge in [-0.3, -0.25) is 0 Å². The first kappa shape index (κ1) is 16.0. The van der Waals surface area contributed by atoms with Gasteiger partial charge >= 0.3 is 0 Å². The van der Waals surface area contributed by atoms with Crippen LogP contribution in [0.25, 0.3) is 0 Å². The number of halogens is 1. The first-order valence-electron chi connectivity index (χ1n) is 7.23. The van der Waals surface area contributed by atoms with Gasteiger partial charge in [0.2, 0.25) is 0 Å². The van der Waals surface area contributed by atoms with E-state index in [1.54, 1.807) is 0 Å². The number of benzene rings is 2. The smallest absolute Gasteiger partial charge is 0.0804 e. The van der Waals surface area contributed by atoms with E-state index in [1.807, 2.05) is 62.5 Å². The third kappa shape index (κ3) is 4.57. The summed E-state index contributed by atoms with van der Waals surface area (Å²) in [6, 6.07) is 15.9. The molecule has 1 atom stereocenters. The maximum atomic E-state index is 10.3. The molecule has 112 valence electrons. The van der Waals surface area contributed by atoms with Crippen molar-refractivity contribution in [2.75, 3.05) is 13.6 Å². The average Bonchev–Trinajstić information content (AvgIpc) is 2.48. The average molecular weight is 304 g/mol. The minimum atomic E-state index is -0.417. The van der Waals surface area contributed by atoms with Gasteiger partial charge in [0.25, 0.3) is 0 Å². The zero-order valence-corrected chi connectivity index (χ0v) is 13.3. The van der Waals surface area contributed by atoms with Crippen molar-refractivity contribution in [2.45, 2.75) is 26.0 Å². The van der Waals surface area contributed by atoms with Crippen LogP contribution in [0.15, 0.2) is 48.5 Å². The van der Waals surface area contributed by atoms with Gasteiger partial charge in [0.15, 0.2) is 0 Å². The predicted molar refractivity (Wildman–Crippen MR) is 88.5 cm³/mol. The minimum absolute atomic E-state index is 0.417. The highest BCUT2D eigenvalue weighted by Crippen LogP contribution is 2.21. The van der Waals surface area contributed by atoms with Gasteiger partial charge in [0.1, 0.15) is 0 Å². The molecule has 0 bridgehead atoms. The van der Waals surface area contributed by atoms with E-state index in [1.165, 1.54) is 0 Å². The molecule has 0 aliphatic rings. The standard InChI is InChI=1S/C18H22ClNO/c1-14-7-3-5-9-16(14)18(21)11-12-20(2)13-15-8-4-6-10-17(15)19/h3-10,18,21H,11-13H2,1-2H3. The molecule has 0 radical (unpaired) electrons. The summed E-state index contributed by atoms with van der Waals surface area (Å²) in [4.78, 5) is 2.18. The fourth-order valence-electron chi connectivity index (χ4n) is 2.46. The molecule has 1 unspecified atom stereocenters. The summed E-state index contributed by atoms with van der Waals surface area (Å²) in [7, 11) is 2.05. The van der Waals surface area contributed by atoms with Crippen molar-refractivity contribution in [3.8, 4) is 0 Å². The molecule has 0 fully saturated rings. The van der Waals surface area contributed by atoms with Gasteiger partial charge in [-0.05, 0) is 43.1 Å². The first-order chi connectivity index (χ1) is 10.1. The normalized spacial score (nSPS) is 12.6. The fourth-order valence-corrected chi connectivity index (χ4v) is 2.65. The molecule has 2 rings (SSSR count). The number of aliphatic hydroxyl groups excluding tert-OH is 1. The topological polar surface area (TPSA) is 23.5 Å². The molecule has 0 spiro atoms. The number of aliphatic hydroxyl groups is 1. The lowest BCUT2D eigenvalue weighted by molar-refractivity contribution is 0.147. The van der Waals surface area contributed by atoms with E-state index in [0.717, 1.165) is 34.8 Å². The van der Waals surface area contributed by atoms with Crippen molar-refractivity contribution < 1.29 is 5.11 Å². The third-order valence-electron chi connectivity index (χ3n) is 3.73. The van der Waals surface area contributed by atoms with Crippen LogP contribution in [0.3, 0.4) is 0 Å². The molecule has 21 heavy (non-hydrogen) atoms. The van der Waals surface area contributed by atoms with Crippen LogP contribution in [0, 0.1) is 6.92 Å². The zero-order valence-electron chi connectivity index (χ0n) is 12.6. The highest BCUT2D eigenvalue weighted by Gasteiger charge is 2.11. The molecule has 0 heterocycles. The van der Waals surface area contributed by atoms with Crippen molar-refractivity contribution >= 4 is 11.6 Å². The van der Waals surface area contributed by atoms with E-state index in [9.17, 15) is 5.11 Å². The molecule has 0 aliphatic carbocycles. The molecule has 0 amide bonds. The zero-order chi connectivity index (χ0) is 15.2. The molecule has 2 aromatic carbocycles. The van der Waals surface area contributed by atoms with Crippen molar-refractivity contribution in [2.24, 2.45) is 0 Å². The molecule has 2 aromatic rings. The van der Waals surface area contributed by atoms with Gasteiger partial charge < -0.3 is 10.0 Å². The van der Waals surface area contributed by atoms with Crippen LogP contribution in [0.2, 0.25) is 5.02 Å². The number of hydrogen-bond donors (Lipinski definition) is 1. The Balaban J connectivity index is 1.88. The maximum Gasteiger partial charge on any atom is 0.0804 e. The van der Waals surface area contributed by atoms with Crippen LogP contribution in [0.5, 0.6) is 0 Å². The Morgan fingerprint density at radius 3 is 2.48 bits per heavy atom. The Labute approximate surface area is 132 Å². The Morgan fingerprint density at radius 2 is 1.76 bits per heavy atom. The van der Waals surface area contributed by atoms with Gasteiger partial charge in [-0.1, -0.05) is 54.1 Å². The molecule has 0 aromatic heterocycles. The first-order valence-corrected chi connectivity index (χ1v) is 7.61. The maximum absolute atomic E-state index is 10.3. The van der Waals surface area contributed by atoms with E-state index in [0.29, 0.717) is 6.42 Å². The second-order valence-corrected chi connectivity index (χ2v) is 5.90. The molecule has 1 N–H and O–H groups in total. The second kappa shape index (κ2) is 7.60. The van der Waals surface area contributed by atoms with Gasteiger partial charge in [-0.2, -0.15) is 0 Å². The minimum Gasteiger partial charge on any atom is -0.388 e. The molecule has 3 heteroatoms. The largest absolute Gasteiger partial charge is 0.388 e. The predicted octanol–water partition coefficient (Wildman–Crippen LogP) is 4.20. The van der Waals surface area contributed by atoms with Crippen molar-refractivity contribution in [3.63, 3.8) is 0 Å². The fraction of sp³-hybridized carbons (Fsp3) is 0.333. The highest BCUT2D eigenvalue weighted by molar-refractivity contribution is 6.31. The van der Waals surface area contributed by atoms with Gasteiger partial charge in [-0.25, -0.2) is 0 Å². The lowest BCUT2D eigenvalue weighted by Gasteiger charge is -2.20. The van der Waals surface area contributed by atoms with Crippen molar-refractivity contribution in [3.05, 3.63) is 70.2 Å². The van der Waals surface area contributed by atoms with Crippen LogP contribution < -0.4 is 0 Å². The van der Waals surface area contributed by atoms with Gasteiger partial charge in [0, 0.05) is 18.1 Å². The lowest BCUT2D eigenvalue weighted by Crippen LogP contribution is -2.21. The molecular weight excluding hydrogens is 282 g/mol. The second-order valence-electron chi connectivity index (χ2n) is 5.49. The van der Waals surface area contributed by atoms with Crippen LogP contribution in [-0.4, -0.2) is 23.6 Å². The summed E-state index contributed by atoms with van der Waals surface area (Å²) in [5, 5.41) is 11.1. The SMILES string of the molecule is Cc1ccccc1C(O)CCN(C)Cc1ccccc1Cl. The van der Waals surface area contributed by atoms with E-state index in [4.69, 9.17) is 11.6 Å². The lowest BCUT2D eigenvalue weighted by atomic mass is 10.0. The van der Waals surface area contributed by atoms with E-state index >= 15 is 0 Å². The molecule has 2 nitrogen and oxygen atoms in total. The van der Waals surface area contributed by atoms with Crippen LogP contribution in [0.1, 0.15) is 29.2 Å². The Kier molecular flexibility index (Phi) is 5.80.